The molecule has 4 rings (SSSR count). The zero-order valence-corrected chi connectivity index (χ0v) is 18.6. The maximum atomic E-state index is 14.9. The third kappa shape index (κ3) is 4.23. The minimum Gasteiger partial charge on any atom is -0.372 e. The van der Waals surface area contributed by atoms with Gasteiger partial charge in [-0.15, -0.1) is 0 Å². The number of ether oxygens (including phenoxy) is 1. The van der Waals surface area contributed by atoms with Crippen LogP contribution in [0.3, 0.4) is 0 Å². The number of anilines is 2. The van der Waals surface area contributed by atoms with Crippen molar-refractivity contribution in [2.75, 3.05) is 23.3 Å². The molecular formula is C24H27FN4O3. The number of aromatic nitrogens is 2. The molecule has 2 unspecified atom stereocenters. The number of rotatable bonds is 4. The average molecular weight is 439 g/mol. The first kappa shape index (κ1) is 22.0. The lowest BCUT2D eigenvalue weighted by Crippen LogP contribution is -2.45. The Balaban J connectivity index is 1.64. The molecule has 0 saturated carbocycles. The highest BCUT2D eigenvalue weighted by Gasteiger charge is 2.25. The van der Waals surface area contributed by atoms with Crippen LogP contribution in [0.5, 0.6) is 0 Å². The van der Waals surface area contributed by atoms with Gasteiger partial charge >= 0.3 is 0 Å². The molecule has 7 nitrogen and oxygen atoms in total. The Labute approximate surface area is 185 Å². The lowest BCUT2D eigenvalue weighted by Gasteiger charge is -2.37. The Morgan fingerprint density at radius 1 is 1.12 bits per heavy atom. The Kier molecular flexibility index (Phi) is 5.97. The van der Waals surface area contributed by atoms with Crippen LogP contribution in [-0.2, 0) is 4.74 Å². The SMILES string of the molecule is CC1CN(c2ccc(NC(=O)c3nn(C(C)C)c(=O)c4ccccc34)cc2F)CC(C)O1. The van der Waals surface area contributed by atoms with E-state index in [9.17, 15) is 14.0 Å². The second-order valence-corrected chi connectivity index (χ2v) is 8.52. The Hall–Kier alpha value is -3.26. The van der Waals surface area contributed by atoms with Crippen molar-refractivity contribution in [2.45, 2.75) is 45.9 Å². The van der Waals surface area contributed by atoms with Gasteiger partial charge in [0.1, 0.15) is 5.82 Å². The van der Waals surface area contributed by atoms with Gasteiger partial charge in [-0.1, -0.05) is 18.2 Å². The van der Waals surface area contributed by atoms with E-state index < -0.39 is 11.7 Å². The largest absolute Gasteiger partial charge is 0.372 e. The van der Waals surface area contributed by atoms with Crippen LogP contribution in [0.2, 0.25) is 0 Å². The van der Waals surface area contributed by atoms with Gasteiger partial charge in [0.2, 0.25) is 0 Å². The maximum absolute atomic E-state index is 14.9. The summed E-state index contributed by atoms with van der Waals surface area (Å²) in [5, 5.41) is 7.90. The molecule has 1 aliphatic rings. The molecule has 0 radical (unpaired) electrons. The van der Waals surface area contributed by atoms with E-state index in [2.05, 4.69) is 10.4 Å². The van der Waals surface area contributed by atoms with E-state index in [0.29, 0.717) is 35.2 Å². The molecule has 0 aliphatic carbocycles. The molecule has 3 aromatic rings. The van der Waals surface area contributed by atoms with Gasteiger partial charge in [0.25, 0.3) is 11.5 Å². The third-order valence-corrected chi connectivity index (χ3v) is 5.50. The van der Waals surface area contributed by atoms with Crippen LogP contribution in [0.25, 0.3) is 10.8 Å². The van der Waals surface area contributed by atoms with Crippen LogP contribution >= 0.6 is 0 Å². The van der Waals surface area contributed by atoms with Crippen molar-refractivity contribution in [3.05, 3.63) is 64.3 Å². The van der Waals surface area contributed by atoms with Crippen molar-refractivity contribution in [1.82, 2.24) is 9.78 Å². The topological polar surface area (TPSA) is 76.5 Å². The van der Waals surface area contributed by atoms with Crippen LogP contribution in [-0.4, -0.2) is 41.0 Å². The molecule has 32 heavy (non-hydrogen) atoms. The molecule has 2 heterocycles. The van der Waals surface area contributed by atoms with E-state index in [-0.39, 0.29) is 29.5 Å². The van der Waals surface area contributed by atoms with Crippen LogP contribution in [0.4, 0.5) is 15.8 Å². The summed E-state index contributed by atoms with van der Waals surface area (Å²) in [5.74, 6) is -0.926. The lowest BCUT2D eigenvalue weighted by atomic mass is 10.1. The van der Waals surface area contributed by atoms with E-state index in [1.165, 1.54) is 10.7 Å². The first-order valence-electron chi connectivity index (χ1n) is 10.8. The highest BCUT2D eigenvalue weighted by atomic mass is 19.1. The van der Waals surface area contributed by atoms with Gasteiger partial charge in [-0.05, 0) is 52.0 Å². The number of carbonyl (C=O) groups excluding carboxylic acids is 1. The van der Waals surface area contributed by atoms with Gasteiger partial charge in [0, 0.05) is 24.2 Å². The van der Waals surface area contributed by atoms with Gasteiger partial charge in [0.15, 0.2) is 5.69 Å². The molecule has 1 fully saturated rings. The van der Waals surface area contributed by atoms with Crippen molar-refractivity contribution in [3.8, 4) is 0 Å². The van der Waals surface area contributed by atoms with Crippen LogP contribution in [0.1, 0.15) is 44.2 Å². The number of hydrogen-bond donors (Lipinski definition) is 1. The van der Waals surface area contributed by atoms with Gasteiger partial charge in [0.05, 0.1) is 29.3 Å². The first-order valence-corrected chi connectivity index (χ1v) is 10.8. The second-order valence-electron chi connectivity index (χ2n) is 8.52. The molecule has 8 heteroatoms. The Morgan fingerprint density at radius 2 is 1.78 bits per heavy atom. The molecule has 0 spiro atoms. The molecule has 1 saturated heterocycles. The molecule has 2 atom stereocenters. The zero-order chi connectivity index (χ0) is 23.0. The highest BCUT2D eigenvalue weighted by Crippen LogP contribution is 2.26. The summed E-state index contributed by atoms with van der Waals surface area (Å²) in [5.41, 5.74) is 0.659. The summed E-state index contributed by atoms with van der Waals surface area (Å²) in [4.78, 5) is 27.7. The normalized spacial score (nSPS) is 18.9. The number of carbonyl (C=O) groups is 1. The number of benzene rings is 2. The number of morpholine rings is 1. The van der Waals surface area contributed by atoms with Crippen molar-refractivity contribution >= 4 is 28.1 Å². The summed E-state index contributed by atoms with van der Waals surface area (Å²) >= 11 is 0. The monoisotopic (exact) mass is 438 g/mol. The summed E-state index contributed by atoms with van der Waals surface area (Å²) < 4.78 is 21.9. The first-order chi connectivity index (χ1) is 15.2. The molecule has 0 bridgehead atoms. The summed E-state index contributed by atoms with van der Waals surface area (Å²) in [7, 11) is 0. The minimum absolute atomic E-state index is 0.00789. The lowest BCUT2D eigenvalue weighted by molar-refractivity contribution is -0.00539. The number of fused-ring (bicyclic) bond motifs is 1. The molecular weight excluding hydrogens is 411 g/mol. The smallest absolute Gasteiger partial charge is 0.276 e. The predicted molar refractivity (Wildman–Crippen MR) is 123 cm³/mol. The Bertz CT molecular complexity index is 1210. The molecule has 1 aromatic heterocycles. The van der Waals surface area contributed by atoms with Crippen molar-refractivity contribution in [2.24, 2.45) is 0 Å². The minimum atomic E-state index is -0.503. The fraction of sp³-hybridized carbons (Fsp3) is 0.375. The summed E-state index contributed by atoms with van der Waals surface area (Å²) in [6, 6.07) is 11.3. The van der Waals surface area contributed by atoms with Gasteiger partial charge in [-0.25, -0.2) is 9.07 Å². The van der Waals surface area contributed by atoms with Crippen LogP contribution in [0.15, 0.2) is 47.3 Å². The molecule has 1 N–H and O–H groups in total. The van der Waals surface area contributed by atoms with Gasteiger partial charge < -0.3 is 15.0 Å². The summed E-state index contributed by atoms with van der Waals surface area (Å²) in [6.45, 7) is 8.77. The fourth-order valence-electron chi connectivity index (χ4n) is 4.13. The second kappa shape index (κ2) is 8.70. The van der Waals surface area contributed by atoms with Crippen LogP contribution in [0, 0.1) is 5.82 Å². The molecule has 1 aliphatic heterocycles. The van der Waals surface area contributed by atoms with Gasteiger partial charge in [-0.3, -0.25) is 9.59 Å². The number of nitrogens with one attached hydrogen (secondary N) is 1. The highest BCUT2D eigenvalue weighted by molar-refractivity contribution is 6.11. The van der Waals surface area contributed by atoms with E-state index in [1.54, 1.807) is 36.4 Å². The third-order valence-electron chi connectivity index (χ3n) is 5.50. The predicted octanol–water partition coefficient (Wildman–Crippen LogP) is 3.98. The Morgan fingerprint density at radius 3 is 2.41 bits per heavy atom. The number of nitrogens with zero attached hydrogens (tertiary/aromatic N) is 3. The van der Waals surface area contributed by atoms with Crippen LogP contribution < -0.4 is 15.8 Å². The maximum Gasteiger partial charge on any atom is 0.276 e. The van der Waals surface area contributed by atoms with Crippen molar-refractivity contribution in [1.29, 1.82) is 0 Å². The standard InChI is InChI=1S/C24H27FN4O3/c1-14(2)29-24(31)19-8-6-5-7-18(19)22(27-29)23(30)26-17-9-10-21(20(25)11-17)28-12-15(3)32-16(4)13-28/h5-11,14-16H,12-13H2,1-4H3,(H,26,30). The molecule has 168 valence electrons. The average Bonchev–Trinajstić information content (AvgIpc) is 2.73. The fourth-order valence-corrected chi connectivity index (χ4v) is 4.13. The van der Waals surface area contributed by atoms with E-state index in [0.717, 1.165) is 0 Å². The number of hydrogen-bond acceptors (Lipinski definition) is 5. The zero-order valence-electron chi connectivity index (χ0n) is 18.6. The van der Waals surface area contributed by atoms with E-state index >= 15 is 0 Å². The number of halogens is 1. The van der Waals surface area contributed by atoms with Crippen molar-refractivity contribution in [3.63, 3.8) is 0 Å². The quantitative estimate of drug-likeness (QED) is 0.667. The van der Waals surface area contributed by atoms with Crippen molar-refractivity contribution < 1.29 is 13.9 Å². The summed E-state index contributed by atoms with van der Waals surface area (Å²) in [6.07, 6.45) is 0.0158. The van der Waals surface area contributed by atoms with Gasteiger partial charge in [-0.2, -0.15) is 5.10 Å². The van der Waals surface area contributed by atoms with E-state index in [4.69, 9.17) is 4.74 Å². The molecule has 1 amide bonds. The number of amides is 1. The molecule has 2 aromatic carbocycles. The van der Waals surface area contributed by atoms with E-state index in [1.807, 2.05) is 32.6 Å².